The predicted octanol–water partition coefficient (Wildman–Crippen LogP) is 16.5. The Hall–Kier alpha value is -4.71. The van der Waals surface area contributed by atoms with Crippen LogP contribution in [0.4, 0.5) is 27.4 Å². The lowest BCUT2D eigenvalue weighted by Gasteiger charge is -2.43. The van der Waals surface area contributed by atoms with Crippen molar-refractivity contribution in [2.45, 2.75) is 289 Å². The molecule has 0 bridgehead atoms. The van der Waals surface area contributed by atoms with Gasteiger partial charge in [0.2, 0.25) is 17.8 Å². The summed E-state index contributed by atoms with van der Waals surface area (Å²) in [5.74, 6) is 2.97. The Kier molecular flexibility index (Phi) is 23.3. The van der Waals surface area contributed by atoms with Crippen molar-refractivity contribution in [1.82, 2.24) is 53.7 Å². The molecule has 3 atom stereocenters. The second-order valence-electron chi connectivity index (χ2n) is 31.4. The van der Waals surface area contributed by atoms with Gasteiger partial charge >= 0.3 is 12.2 Å². The average Bonchev–Trinajstić information content (AvgIpc) is 1.53. The van der Waals surface area contributed by atoms with Gasteiger partial charge in [-0.1, -0.05) is 77.0 Å². The number of rotatable bonds is 9. The normalized spacial score (nSPS) is 24.0. The quantitative estimate of drug-likeness (QED) is 0.0995. The number of alkyl carbamates (subject to hydrolysis) is 2. The molecule has 6 aliphatic carbocycles. The van der Waals surface area contributed by atoms with E-state index in [-0.39, 0.29) is 35.1 Å². The summed E-state index contributed by atoms with van der Waals surface area (Å²) < 4.78 is 18.3. The van der Waals surface area contributed by atoms with Gasteiger partial charge < -0.3 is 40.5 Å². The maximum Gasteiger partial charge on any atom is 0.407 e. The van der Waals surface area contributed by atoms with Crippen molar-refractivity contribution in [2.75, 3.05) is 54.0 Å². The third kappa shape index (κ3) is 17.2. The first kappa shape index (κ1) is 71.1. The van der Waals surface area contributed by atoms with Crippen LogP contribution >= 0.6 is 52.1 Å². The summed E-state index contributed by atoms with van der Waals surface area (Å²) in [5.41, 5.74) is 9.23. The molecule has 3 aliphatic heterocycles. The van der Waals surface area contributed by atoms with Gasteiger partial charge in [-0.3, -0.25) is 13.2 Å². The molecule has 6 saturated carbocycles. The van der Waals surface area contributed by atoms with E-state index in [9.17, 15) is 9.59 Å². The molecule has 6 aromatic rings. The zero-order valence-electron chi connectivity index (χ0n) is 58.3. The summed E-state index contributed by atoms with van der Waals surface area (Å²) in [6.45, 7) is 17.3. The Labute approximate surface area is 593 Å². The zero-order chi connectivity index (χ0) is 67.1. The molecule has 9 aliphatic rings. The number of amides is 2. The summed E-state index contributed by atoms with van der Waals surface area (Å²) in [6.07, 6.45) is 54.6. The van der Waals surface area contributed by atoms with Crippen LogP contribution in [-0.2, 0) is 9.47 Å². The molecule has 3 saturated heterocycles. The van der Waals surface area contributed by atoms with Gasteiger partial charge in [0, 0.05) is 129 Å². The fraction of sp³-hybridized carbons (Fsp3) is 0.726. The molecule has 9 fully saturated rings. The standard InChI is InChI=1S/C26H39N5O2S.C21H31N5S.C20H28BrN5O2.C6H12S/c1-25(2,3)33-24(32)29-21-10-7-11-26(21)12-15-30(16-13-26)23-28-18-20(22-27-14-17-31(22)23)34-19-8-5-4-6-9-19;22-18-7-4-8-21(18)9-12-25(13-10-21)20-24-15-17(19-23-11-14-26(19)20)27-16-5-2-1-3-6-16;1-19(2,3)28-18(27)24-15-5-4-6-20(15)7-10-25(11-8-20)17-23-13-14(21)16-22-9-12-26(16)17;7-6-4-2-1-3-5-6/h14,17-19,21H,4-13,15-16H2,1-3H3,(H,29,32);11,14-16,18H,1-10,12-13,22H2;9,12-13,15H,4-8,10-11H2,1-3H3,(H,24,27);6-7H,1-5H2/t21-;18-;15-;/m111./s1. The maximum atomic E-state index is 12.5. The molecule has 0 unspecified atom stereocenters. The molecule has 0 radical (unpaired) electrons. The molecule has 96 heavy (non-hydrogen) atoms. The van der Waals surface area contributed by atoms with Gasteiger partial charge in [-0.25, -0.2) is 39.5 Å². The fourth-order valence-corrected chi connectivity index (χ4v) is 20.7. The first-order valence-corrected chi connectivity index (χ1v) is 39.9. The first-order valence-electron chi connectivity index (χ1n) is 36.9. The maximum absolute atomic E-state index is 12.5. The number of anilines is 3. The second kappa shape index (κ2) is 31.5. The lowest BCUT2D eigenvalue weighted by Crippen LogP contribution is -2.51. The fourth-order valence-electron chi connectivity index (χ4n) is 17.4. The van der Waals surface area contributed by atoms with Gasteiger partial charge in [0.1, 0.15) is 11.2 Å². The molecular formula is C73H110BrN15O4S3. The number of piperidine rings is 3. The Morgan fingerprint density at radius 1 is 0.479 bits per heavy atom. The highest BCUT2D eigenvalue weighted by Gasteiger charge is 2.48. The highest BCUT2D eigenvalue weighted by atomic mass is 79.9. The van der Waals surface area contributed by atoms with Crippen molar-refractivity contribution in [3.63, 3.8) is 0 Å². The number of halogens is 1. The number of nitrogens with one attached hydrogen (secondary N) is 2. The smallest absolute Gasteiger partial charge is 0.407 e. The minimum absolute atomic E-state index is 0.164. The van der Waals surface area contributed by atoms with E-state index in [0.29, 0.717) is 16.7 Å². The number of nitrogens with zero attached hydrogens (tertiary/aromatic N) is 12. The number of carbonyl (C=O) groups is 2. The lowest BCUT2D eigenvalue weighted by atomic mass is 9.74. The summed E-state index contributed by atoms with van der Waals surface area (Å²) >= 11 is 11.8. The summed E-state index contributed by atoms with van der Waals surface area (Å²) in [5, 5.41) is 8.52. The van der Waals surface area contributed by atoms with Crippen molar-refractivity contribution in [2.24, 2.45) is 22.0 Å². The van der Waals surface area contributed by atoms with Crippen LogP contribution in [0.5, 0.6) is 0 Å². The van der Waals surface area contributed by atoms with Crippen LogP contribution in [0, 0.1) is 16.2 Å². The largest absolute Gasteiger partial charge is 0.444 e. The molecule has 2 amide bonds. The van der Waals surface area contributed by atoms with Gasteiger partial charge in [-0.05, 0) is 189 Å². The van der Waals surface area contributed by atoms with Gasteiger partial charge in [-0.2, -0.15) is 12.6 Å². The lowest BCUT2D eigenvalue weighted by molar-refractivity contribution is 0.0431. The number of nitrogens with two attached hydrogens (primary N) is 1. The number of hydrogen-bond donors (Lipinski definition) is 4. The molecule has 23 heteroatoms. The summed E-state index contributed by atoms with van der Waals surface area (Å²) in [4.78, 5) is 62.6. The van der Waals surface area contributed by atoms with Crippen LogP contribution in [0.3, 0.4) is 0 Å². The van der Waals surface area contributed by atoms with Crippen LogP contribution in [0.25, 0.3) is 16.9 Å². The molecule has 3 spiro atoms. The van der Waals surface area contributed by atoms with Crippen LogP contribution in [0.2, 0.25) is 0 Å². The van der Waals surface area contributed by atoms with Crippen molar-refractivity contribution < 1.29 is 19.1 Å². The third-order valence-electron chi connectivity index (χ3n) is 22.7. The minimum Gasteiger partial charge on any atom is -0.444 e. The highest BCUT2D eigenvalue weighted by Crippen LogP contribution is 2.50. The number of aromatic nitrogens is 9. The predicted molar refractivity (Wildman–Crippen MR) is 395 cm³/mol. The van der Waals surface area contributed by atoms with E-state index in [2.05, 4.69) is 96.2 Å². The van der Waals surface area contributed by atoms with Crippen molar-refractivity contribution >= 4 is 99.1 Å². The number of imidazole rings is 3. The van der Waals surface area contributed by atoms with Crippen LogP contribution < -0.4 is 31.1 Å². The number of carbonyl (C=O) groups excluding carboxylic acids is 2. The number of hydrogen-bond acceptors (Lipinski definition) is 17. The van der Waals surface area contributed by atoms with E-state index in [1.165, 1.54) is 145 Å². The highest BCUT2D eigenvalue weighted by molar-refractivity contribution is 9.10. The topological polar surface area (TPSA) is 203 Å². The Morgan fingerprint density at radius 3 is 1.21 bits per heavy atom. The van der Waals surface area contributed by atoms with Crippen molar-refractivity contribution in [3.05, 3.63) is 60.2 Å². The van der Waals surface area contributed by atoms with Crippen molar-refractivity contribution in [1.29, 1.82) is 0 Å². The Morgan fingerprint density at radius 2 is 0.833 bits per heavy atom. The van der Waals surface area contributed by atoms with E-state index >= 15 is 0 Å². The summed E-state index contributed by atoms with van der Waals surface area (Å²) in [6, 6.07) is 0.783. The SMILES string of the molecule is CC(C)(C)OC(=O)N[C@@H]1CCCC12CCN(c1ncc(Br)c3nccn13)CC2.CC(C)(C)OC(=O)N[C@@H]1CCCC12CCN(c1ncc(SC3CCCCC3)c3nccn13)CC2.N[C@@H]1CCCC12CCN(c1ncc(SC3CCCCC3)c3nccn13)CC2.SC1CCCCC1. The van der Waals surface area contributed by atoms with Crippen LogP contribution in [0.15, 0.2) is 70.0 Å². The monoisotopic (exact) mass is 1440 g/mol. The average molecular weight is 1440 g/mol. The van der Waals surface area contributed by atoms with Gasteiger partial charge in [0.15, 0.2) is 16.9 Å². The van der Waals surface area contributed by atoms with E-state index in [4.69, 9.17) is 30.2 Å². The summed E-state index contributed by atoms with van der Waals surface area (Å²) in [7, 11) is 0. The molecule has 4 N–H and O–H groups in total. The van der Waals surface area contributed by atoms with E-state index in [1.54, 1.807) is 6.20 Å². The minimum atomic E-state index is -0.470. The molecular weight excluding hydrogens is 1330 g/mol. The number of fused-ring (bicyclic) bond motifs is 3. The van der Waals surface area contributed by atoms with Gasteiger partial charge in [0.05, 0.1) is 14.3 Å². The van der Waals surface area contributed by atoms with Crippen LogP contribution in [-0.4, -0.2) is 140 Å². The Balaban J connectivity index is 0.000000131. The van der Waals surface area contributed by atoms with E-state index in [0.717, 1.165) is 147 Å². The second-order valence-corrected chi connectivity index (χ2v) is 35.7. The number of ether oxygens (including phenoxy) is 2. The van der Waals surface area contributed by atoms with Crippen molar-refractivity contribution in [3.8, 4) is 0 Å². The van der Waals surface area contributed by atoms with Crippen LogP contribution in [0.1, 0.15) is 234 Å². The number of thioether (sulfide) groups is 2. The zero-order valence-corrected chi connectivity index (χ0v) is 62.4. The number of thiol groups is 1. The first-order chi connectivity index (χ1) is 46.2. The van der Waals surface area contributed by atoms with E-state index < -0.39 is 11.2 Å². The van der Waals surface area contributed by atoms with Gasteiger partial charge in [0.25, 0.3) is 0 Å². The Bertz CT molecular complexity index is 3510. The molecule has 526 valence electrons. The van der Waals surface area contributed by atoms with E-state index in [1.807, 2.05) is 100 Å². The molecule has 19 nitrogen and oxygen atoms in total. The molecule has 15 rings (SSSR count). The molecule has 0 aromatic carbocycles. The molecule has 9 heterocycles. The molecule has 6 aromatic heterocycles. The third-order valence-corrected chi connectivity index (χ3v) is 26.4. The van der Waals surface area contributed by atoms with Gasteiger partial charge in [-0.15, -0.1) is 23.5 Å².